The molecule has 5 heteroatoms. The Hall–Kier alpha value is -2.04. The molecule has 2 N–H and O–H groups in total. The van der Waals surface area contributed by atoms with Crippen LogP contribution < -0.4 is 10.1 Å². The Kier molecular flexibility index (Phi) is 5.13. The SMILES string of the molecule is Cc1cccc(OCC(=O)N[C@@H](C(=O)O)C(C)(C)C)c1. The Morgan fingerprint density at radius 2 is 2.00 bits per heavy atom. The van der Waals surface area contributed by atoms with Crippen LogP contribution in [-0.2, 0) is 9.59 Å². The van der Waals surface area contributed by atoms with E-state index in [0.717, 1.165) is 5.56 Å². The molecule has 0 fully saturated rings. The lowest BCUT2D eigenvalue weighted by atomic mass is 9.87. The number of rotatable bonds is 5. The van der Waals surface area contributed by atoms with Gasteiger partial charge in [0.1, 0.15) is 11.8 Å². The van der Waals surface area contributed by atoms with Crippen molar-refractivity contribution in [2.45, 2.75) is 33.7 Å². The molecule has 1 aromatic rings. The molecule has 0 aliphatic carbocycles. The number of nitrogens with one attached hydrogen (secondary N) is 1. The molecule has 110 valence electrons. The Bertz CT molecular complexity index is 491. The lowest BCUT2D eigenvalue weighted by Crippen LogP contribution is -2.50. The molecule has 0 aromatic heterocycles. The second-order valence-electron chi connectivity index (χ2n) is 5.81. The molecule has 0 saturated carbocycles. The van der Waals surface area contributed by atoms with Crippen LogP contribution in [0.25, 0.3) is 0 Å². The molecule has 0 aliphatic rings. The van der Waals surface area contributed by atoms with E-state index in [4.69, 9.17) is 9.84 Å². The van der Waals surface area contributed by atoms with Crippen molar-refractivity contribution in [3.8, 4) is 5.75 Å². The number of benzene rings is 1. The summed E-state index contributed by atoms with van der Waals surface area (Å²) < 4.78 is 5.34. The lowest BCUT2D eigenvalue weighted by molar-refractivity contribution is -0.145. The van der Waals surface area contributed by atoms with Crippen molar-refractivity contribution in [2.24, 2.45) is 5.41 Å². The van der Waals surface area contributed by atoms with Crippen LogP contribution in [0.5, 0.6) is 5.75 Å². The third-order valence-corrected chi connectivity index (χ3v) is 2.78. The minimum atomic E-state index is -1.05. The van der Waals surface area contributed by atoms with Gasteiger partial charge in [-0.15, -0.1) is 0 Å². The van der Waals surface area contributed by atoms with E-state index in [2.05, 4.69) is 5.32 Å². The van der Waals surface area contributed by atoms with Gasteiger partial charge in [-0.05, 0) is 30.0 Å². The summed E-state index contributed by atoms with van der Waals surface area (Å²) in [6, 6.07) is 6.37. The lowest BCUT2D eigenvalue weighted by Gasteiger charge is -2.27. The molecule has 1 amide bonds. The van der Waals surface area contributed by atoms with Gasteiger partial charge in [0.15, 0.2) is 6.61 Å². The quantitative estimate of drug-likeness (QED) is 0.864. The number of carboxylic acid groups (broad SMARTS) is 1. The summed E-state index contributed by atoms with van der Waals surface area (Å²) in [7, 11) is 0. The number of hydrogen-bond acceptors (Lipinski definition) is 3. The molecule has 0 aliphatic heterocycles. The van der Waals surface area contributed by atoms with Crippen molar-refractivity contribution in [3.63, 3.8) is 0 Å². The summed E-state index contributed by atoms with van der Waals surface area (Å²) in [5, 5.41) is 11.6. The maximum absolute atomic E-state index is 11.8. The number of hydrogen-bond donors (Lipinski definition) is 2. The molecular weight excluding hydrogens is 258 g/mol. The maximum Gasteiger partial charge on any atom is 0.326 e. The predicted molar refractivity (Wildman–Crippen MR) is 75.7 cm³/mol. The van der Waals surface area contributed by atoms with E-state index in [-0.39, 0.29) is 6.61 Å². The van der Waals surface area contributed by atoms with Gasteiger partial charge >= 0.3 is 5.97 Å². The topological polar surface area (TPSA) is 75.6 Å². The van der Waals surface area contributed by atoms with Gasteiger partial charge in [-0.25, -0.2) is 4.79 Å². The van der Waals surface area contributed by atoms with Crippen LogP contribution in [0.1, 0.15) is 26.3 Å². The van der Waals surface area contributed by atoms with Crippen LogP contribution in [0.2, 0.25) is 0 Å². The molecule has 0 saturated heterocycles. The molecule has 1 atom stereocenters. The van der Waals surface area contributed by atoms with Crippen LogP contribution in [0.3, 0.4) is 0 Å². The third-order valence-electron chi connectivity index (χ3n) is 2.78. The van der Waals surface area contributed by atoms with Crippen LogP contribution in [0.4, 0.5) is 0 Å². The van der Waals surface area contributed by atoms with E-state index < -0.39 is 23.3 Å². The number of ether oxygens (including phenoxy) is 1. The Morgan fingerprint density at radius 1 is 1.35 bits per heavy atom. The zero-order chi connectivity index (χ0) is 15.3. The second kappa shape index (κ2) is 6.41. The minimum Gasteiger partial charge on any atom is -0.484 e. The molecule has 20 heavy (non-hydrogen) atoms. The van der Waals surface area contributed by atoms with Crippen molar-refractivity contribution in [2.75, 3.05) is 6.61 Å². The first kappa shape index (κ1) is 16.0. The number of carbonyl (C=O) groups excluding carboxylic acids is 1. The average Bonchev–Trinajstić information content (AvgIpc) is 2.31. The monoisotopic (exact) mass is 279 g/mol. The van der Waals surface area contributed by atoms with Crippen molar-refractivity contribution < 1.29 is 19.4 Å². The number of aryl methyl sites for hydroxylation is 1. The number of carbonyl (C=O) groups is 2. The molecule has 0 heterocycles. The number of aliphatic carboxylic acids is 1. The predicted octanol–water partition coefficient (Wildman–Crippen LogP) is 1.99. The molecule has 0 bridgehead atoms. The molecule has 1 rings (SSSR count). The van der Waals surface area contributed by atoms with Gasteiger partial charge in [-0.2, -0.15) is 0 Å². The van der Waals surface area contributed by atoms with E-state index in [9.17, 15) is 9.59 Å². The molecule has 1 aromatic carbocycles. The minimum absolute atomic E-state index is 0.205. The van der Waals surface area contributed by atoms with Crippen LogP contribution in [0, 0.1) is 12.3 Å². The highest BCUT2D eigenvalue weighted by Gasteiger charge is 2.32. The number of carboxylic acids is 1. The van der Waals surface area contributed by atoms with Gasteiger partial charge in [-0.1, -0.05) is 32.9 Å². The van der Waals surface area contributed by atoms with E-state index in [0.29, 0.717) is 5.75 Å². The fraction of sp³-hybridized carbons (Fsp3) is 0.467. The van der Waals surface area contributed by atoms with Gasteiger partial charge in [0.25, 0.3) is 5.91 Å². The normalized spacial score (nSPS) is 12.6. The summed E-state index contributed by atoms with van der Waals surface area (Å²) in [6.45, 7) is 6.99. The highest BCUT2D eigenvalue weighted by molar-refractivity contribution is 5.84. The Balaban J connectivity index is 2.57. The van der Waals surface area contributed by atoms with Crippen molar-refractivity contribution in [1.82, 2.24) is 5.32 Å². The van der Waals surface area contributed by atoms with E-state index >= 15 is 0 Å². The first-order valence-corrected chi connectivity index (χ1v) is 6.42. The van der Waals surface area contributed by atoms with Crippen LogP contribution >= 0.6 is 0 Å². The summed E-state index contributed by atoms with van der Waals surface area (Å²) in [4.78, 5) is 22.9. The summed E-state index contributed by atoms with van der Waals surface area (Å²) >= 11 is 0. The van der Waals surface area contributed by atoms with Crippen LogP contribution in [-0.4, -0.2) is 29.6 Å². The van der Waals surface area contributed by atoms with Gasteiger partial charge < -0.3 is 15.2 Å². The Morgan fingerprint density at radius 3 is 2.50 bits per heavy atom. The molecule has 0 unspecified atom stereocenters. The van der Waals surface area contributed by atoms with E-state index in [1.54, 1.807) is 26.8 Å². The molecule has 0 radical (unpaired) electrons. The summed E-state index contributed by atoms with van der Waals surface area (Å²) in [5.41, 5.74) is 0.464. The Labute approximate surface area is 118 Å². The average molecular weight is 279 g/mol. The third kappa shape index (κ3) is 4.91. The van der Waals surface area contributed by atoms with Gasteiger partial charge in [-0.3, -0.25) is 4.79 Å². The van der Waals surface area contributed by atoms with Crippen molar-refractivity contribution >= 4 is 11.9 Å². The van der Waals surface area contributed by atoms with E-state index in [1.165, 1.54) is 0 Å². The highest BCUT2D eigenvalue weighted by atomic mass is 16.5. The molecule has 0 spiro atoms. The fourth-order valence-corrected chi connectivity index (χ4v) is 1.71. The largest absolute Gasteiger partial charge is 0.484 e. The van der Waals surface area contributed by atoms with Crippen molar-refractivity contribution in [3.05, 3.63) is 29.8 Å². The van der Waals surface area contributed by atoms with Crippen LogP contribution in [0.15, 0.2) is 24.3 Å². The highest BCUT2D eigenvalue weighted by Crippen LogP contribution is 2.19. The van der Waals surface area contributed by atoms with Crippen molar-refractivity contribution in [1.29, 1.82) is 0 Å². The zero-order valence-corrected chi connectivity index (χ0v) is 12.3. The number of amides is 1. The summed E-state index contributed by atoms with van der Waals surface area (Å²) in [5.74, 6) is -0.918. The first-order chi connectivity index (χ1) is 9.20. The van der Waals surface area contributed by atoms with E-state index in [1.807, 2.05) is 25.1 Å². The smallest absolute Gasteiger partial charge is 0.326 e. The van der Waals surface area contributed by atoms with Gasteiger partial charge in [0.05, 0.1) is 0 Å². The van der Waals surface area contributed by atoms with Gasteiger partial charge in [0, 0.05) is 0 Å². The first-order valence-electron chi connectivity index (χ1n) is 6.42. The molecule has 5 nitrogen and oxygen atoms in total. The second-order valence-corrected chi connectivity index (χ2v) is 5.81. The zero-order valence-electron chi connectivity index (χ0n) is 12.3. The van der Waals surface area contributed by atoms with Gasteiger partial charge in [0.2, 0.25) is 0 Å². The molecular formula is C15H21NO4. The maximum atomic E-state index is 11.8. The standard InChI is InChI=1S/C15H21NO4/c1-10-6-5-7-11(8-10)20-9-12(17)16-13(14(18)19)15(2,3)4/h5-8,13H,9H2,1-4H3,(H,16,17)(H,18,19)/t13-/m0/s1. The fourth-order valence-electron chi connectivity index (χ4n) is 1.71. The summed E-state index contributed by atoms with van der Waals surface area (Å²) in [6.07, 6.45) is 0.